The van der Waals surface area contributed by atoms with Crippen LogP contribution in [0.25, 0.3) is 11.0 Å². The standard InChI is InChI=1S/C23H26N4O3/c1-3-20(22(28)24-13-15-7-6-9-17(11-15)30-2)27-14-25-21-18(23(27)29)12-16-8-4-5-10-19(16)26-21/h6-7,9,11-12,14,20H,3-5,8,10,13H2,1-2H3,(H,24,28). The van der Waals surface area contributed by atoms with Gasteiger partial charge in [0.15, 0.2) is 5.65 Å². The van der Waals surface area contributed by atoms with Gasteiger partial charge in [-0.3, -0.25) is 14.2 Å². The molecule has 30 heavy (non-hydrogen) atoms. The van der Waals surface area contributed by atoms with Crippen LogP contribution >= 0.6 is 0 Å². The summed E-state index contributed by atoms with van der Waals surface area (Å²) in [4.78, 5) is 35.0. The lowest BCUT2D eigenvalue weighted by atomic mass is 9.95. The molecule has 156 valence electrons. The zero-order valence-corrected chi connectivity index (χ0v) is 17.4. The summed E-state index contributed by atoms with van der Waals surface area (Å²) in [6, 6.07) is 8.82. The number of aromatic nitrogens is 3. The number of methoxy groups -OCH3 is 1. The Kier molecular flexibility index (Phi) is 5.79. The van der Waals surface area contributed by atoms with Gasteiger partial charge in [-0.05, 0) is 61.4 Å². The molecule has 7 nitrogen and oxygen atoms in total. The van der Waals surface area contributed by atoms with E-state index in [0.717, 1.165) is 48.3 Å². The van der Waals surface area contributed by atoms with E-state index in [-0.39, 0.29) is 11.5 Å². The summed E-state index contributed by atoms with van der Waals surface area (Å²) in [5.41, 5.74) is 3.34. The topological polar surface area (TPSA) is 86.1 Å². The Balaban J connectivity index is 1.59. The van der Waals surface area contributed by atoms with Crippen LogP contribution in [0, 0.1) is 0 Å². The minimum atomic E-state index is -0.629. The zero-order chi connectivity index (χ0) is 21.1. The number of carbonyl (C=O) groups is 1. The van der Waals surface area contributed by atoms with E-state index in [0.29, 0.717) is 24.0 Å². The number of nitrogens with one attached hydrogen (secondary N) is 1. The number of aryl methyl sites for hydroxylation is 2. The first-order valence-electron chi connectivity index (χ1n) is 10.4. The van der Waals surface area contributed by atoms with Gasteiger partial charge in [0.05, 0.1) is 12.5 Å². The molecule has 3 aromatic rings. The Bertz CT molecular complexity index is 1140. The molecule has 0 fully saturated rings. The van der Waals surface area contributed by atoms with Crippen molar-refractivity contribution in [2.24, 2.45) is 0 Å². The average molecular weight is 406 g/mol. The molecule has 0 saturated carbocycles. The number of pyridine rings is 1. The first-order chi connectivity index (χ1) is 14.6. The summed E-state index contributed by atoms with van der Waals surface area (Å²) in [6.45, 7) is 2.24. The van der Waals surface area contributed by atoms with Gasteiger partial charge in [-0.1, -0.05) is 19.1 Å². The third kappa shape index (κ3) is 3.92. The summed E-state index contributed by atoms with van der Waals surface area (Å²) in [5, 5.41) is 3.41. The predicted molar refractivity (Wildman–Crippen MR) is 115 cm³/mol. The molecule has 7 heteroatoms. The number of ether oxygens (including phenoxy) is 1. The minimum absolute atomic E-state index is 0.213. The fourth-order valence-corrected chi connectivity index (χ4v) is 4.01. The van der Waals surface area contributed by atoms with Gasteiger partial charge in [0, 0.05) is 12.2 Å². The van der Waals surface area contributed by atoms with E-state index in [2.05, 4.69) is 15.3 Å². The molecule has 2 heterocycles. The number of amides is 1. The Morgan fingerprint density at radius 3 is 2.90 bits per heavy atom. The van der Waals surface area contributed by atoms with E-state index in [1.54, 1.807) is 7.11 Å². The van der Waals surface area contributed by atoms with E-state index >= 15 is 0 Å². The molecule has 4 rings (SSSR count). The van der Waals surface area contributed by atoms with Gasteiger partial charge in [0.25, 0.3) is 5.56 Å². The smallest absolute Gasteiger partial charge is 0.263 e. The highest BCUT2D eigenvalue weighted by Crippen LogP contribution is 2.22. The third-order valence-corrected chi connectivity index (χ3v) is 5.68. The number of carbonyl (C=O) groups excluding carboxylic acids is 1. The molecule has 0 radical (unpaired) electrons. The van der Waals surface area contributed by atoms with Gasteiger partial charge in [0.2, 0.25) is 5.91 Å². The summed E-state index contributed by atoms with van der Waals surface area (Å²) < 4.78 is 6.65. The number of rotatable bonds is 6. The Morgan fingerprint density at radius 2 is 2.10 bits per heavy atom. The number of hydrogen-bond acceptors (Lipinski definition) is 5. The largest absolute Gasteiger partial charge is 0.497 e. The molecule has 0 aliphatic heterocycles. The molecule has 2 aromatic heterocycles. The van der Waals surface area contributed by atoms with Crippen LogP contribution in [0.1, 0.15) is 49.0 Å². The average Bonchev–Trinajstić information content (AvgIpc) is 2.78. The van der Waals surface area contributed by atoms with E-state index in [1.807, 2.05) is 37.3 Å². The third-order valence-electron chi connectivity index (χ3n) is 5.68. The van der Waals surface area contributed by atoms with Crippen molar-refractivity contribution < 1.29 is 9.53 Å². The van der Waals surface area contributed by atoms with Gasteiger partial charge < -0.3 is 10.1 Å². The minimum Gasteiger partial charge on any atom is -0.497 e. The summed E-state index contributed by atoms with van der Waals surface area (Å²) in [5.74, 6) is 0.522. The van der Waals surface area contributed by atoms with Crippen molar-refractivity contribution in [3.05, 3.63) is 63.8 Å². The van der Waals surface area contributed by atoms with Crippen LogP contribution in [0.5, 0.6) is 5.75 Å². The molecule has 1 atom stereocenters. The lowest BCUT2D eigenvalue weighted by Crippen LogP contribution is -2.37. The van der Waals surface area contributed by atoms with Crippen molar-refractivity contribution in [1.82, 2.24) is 19.9 Å². The van der Waals surface area contributed by atoms with Gasteiger partial charge in [-0.15, -0.1) is 0 Å². The van der Waals surface area contributed by atoms with Crippen LogP contribution < -0.4 is 15.6 Å². The van der Waals surface area contributed by atoms with Crippen molar-refractivity contribution in [2.45, 2.75) is 51.6 Å². The summed E-state index contributed by atoms with van der Waals surface area (Å²) in [6.07, 6.45) is 6.03. The predicted octanol–water partition coefficient (Wildman–Crippen LogP) is 2.95. The second kappa shape index (κ2) is 8.65. The quantitative estimate of drug-likeness (QED) is 0.680. The molecular formula is C23H26N4O3. The van der Waals surface area contributed by atoms with Gasteiger partial charge >= 0.3 is 0 Å². The van der Waals surface area contributed by atoms with Crippen molar-refractivity contribution in [2.75, 3.05) is 7.11 Å². The van der Waals surface area contributed by atoms with E-state index in [4.69, 9.17) is 4.74 Å². The molecule has 0 spiro atoms. The number of hydrogen-bond donors (Lipinski definition) is 1. The van der Waals surface area contributed by atoms with Gasteiger partial charge in [0.1, 0.15) is 18.1 Å². The second-order valence-corrected chi connectivity index (χ2v) is 7.62. The summed E-state index contributed by atoms with van der Waals surface area (Å²) in [7, 11) is 1.61. The molecule has 1 unspecified atom stereocenters. The van der Waals surface area contributed by atoms with Crippen LogP contribution in [0.15, 0.2) is 41.5 Å². The number of nitrogens with zero attached hydrogens (tertiary/aromatic N) is 3. The Labute approximate surface area is 175 Å². The molecule has 1 amide bonds. The number of benzene rings is 1. The zero-order valence-electron chi connectivity index (χ0n) is 17.4. The number of fused-ring (bicyclic) bond motifs is 2. The van der Waals surface area contributed by atoms with Crippen molar-refractivity contribution in [3.8, 4) is 5.75 Å². The molecule has 1 N–H and O–H groups in total. The monoisotopic (exact) mass is 406 g/mol. The van der Waals surface area contributed by atoms with Crippen molar-refractivity contribution >= 4 is 16.9 Å². The highest BCUT2D eigenvalue weighted by Gasteiger charge is 2.22. The first kappa shape index (κ1) is 20.1. The summed E-state index contributed by atoms with van der Waals surface area (Å²) >= 11 is 0. The maximum Gasteiger partial charge on any atom is 0.263 e. The van der Waals surface area contributed by atoms with Crippen LogP contribution in [-0.4, -0.2) is 27.6 Å². The molecule has 0 bridgehead atoms. The molecule has 1 aromatic carbocycles. The maximum absolute atomic E-state index is 13.2. The molecule has 0 saturated heterocycles. The fourth-order valence-electron chi connectivity index (χ4n) is 4.01. The van der Waals surface area contributed by atoms with Gasteiger partial charge in [-0.25, -0.2) is 9.97 Å². The SMILES string of the molecule is CCC(C(=O)NCc1cccc(OC)c1)n1cnc2nc3c(cc2c1=O)CCCC3. The fraction of sp³-hybridized carbons (Fsp3) is 0.391. The van der Waals surface area contributed by atoms with Crippen molar-refractivity contribution in [3.63, 3.8) is 0 Å². The molecule has 1 aliphatic carbocycles. The lowest BCUT2D eigenvalue weighted by molar-refractivity contribution is -0.124. The second-order valence-electron chi connectivity index (χ2n) is 7.62. The lowest BCUT2D eigenvalue weighted by Gasteiger charge is -2.19. The highest BCUT2D eigenvalue weighted by molar-refractivity contribution is 5.81. The van der Waals surface area contributed by atoms with Crippen LogP contribution in [0.2, 0.25) is 0 Å². The Hall–Kier alpha value is -3.22. The van der Waals surface area contributed by atoms with E-state index in [1.165, 1.54) is 10.9 Å². The highest BCUT2D eigenvalue weighted by atomic mass is 16.5. The van der Waals surface area contributed by atoms with Crippen LogP contribution in [-0.2, 0) is 24.2 Å². The Morgan fingerprint density at radius 1 is 1.27 bits per heavy atom. The first-order valence-corrected chi connectivity index (χ1v) is 10.4. The van der Waals surface area contributed by atoms with Crippen molar-refractivity contribution in [1.29, 1.82) is 0 Å². The van der Waals surface area contributed by atoms with Crippen LogP contribution in [0.3, 0.4) is 0 Å². The normalized spacial score (nSPS) is 14.2. The van der Waals surface area contributed by atoms with Gasteiger partial charge in [-0.2, -0.15) is 0 Å². The maximum atomic E-state index is 13.2. The molecular weight excluding hydrogens is 380 g/mol. The molecule has 1 aliphatic rings. The van der Waals surface area contributed by atoms with E-state index in [9.17, 15) is 9.59 Å². The van der Waals surface area contributed by atoms with E-state index < -0.39 is 6.04 Å². The van der Waals surface area contributed by atoms with Crippen LogP contribution in [0.4, 0.5) is 0 Å².